The molecule has 0 spiro atoms. The molecule has 1 unspecified atom stereocenters. The second kappa shape index (κ2) is 8.75. The number of nitrogens with zero attached hydrogens (tertiary/aromatic N) is 1. The van der Waals surface area contributed by atoms with Crippen LogP contribution in [0.15, 0.2) is 12.1 Å². The van der Waals surface area contributed by atoms with Crippen LogP contribution < -0.4 is 5.32 Å². The fourth-order valence-electron chi connectivity index (χ4n) is 3.78. The Labute approximate surface area is 160 Å². The normalized spacial score (nSPS) is 19.4. The van der Waals surface area contributed by atoms with Crippen molar-refractivity contribution in [3.8, 4) is 0 Å². The summed E-state index contributed by atoms with van der Waals surface area (Å²) in [6, 6.07) is 3.75. The molecule has 1 fully saturated rings. The summed E-state index contributed by atoms with van der Waals surface area (Å²) in [5.41, 5.74) is 2.24. The molecular formula is C18H25Cl3N2O. The SMILES string of the molecule is CC(CC(=O)N1CCc2cc(Cl)cc(Cl)c2C1)C1CCNCC1.Cl. The first kappa shape index (κ1) is 19.8. The van der Waals surface area contributed by atoms with Crippen LogP contribution in [0.2, 0.25) is 10.0 Å². The highest BCUT2D eigenvalue weighted by atomic mass is 35.5. The molecule has 0 radical (unpaired) electrons. The number of carbonyl (C=O) groups is 1. The molecule has 1 N–H and O–H groups in total. The molecule has 1 amide bonds. The van der Waals surface area contributed by atoms with Gasteiger partial charge in [-0.15, -0.1) is 12.4 Å². The van der Waals surface area contributed by atoms with Crippen LogP contribution in [0.1, 0.15) is 37.3 Å². The highest BCUT2D eigenvalue weighted by molar-refractivity contribution is 6.35. The third-order valence-corrected chi connectivity index (χ3v) is 5.85. The molecular weight excluding hydrogens is 367 g/mol. The van der Waals surface area contributed by atoms with E-state index in [1.54, 1.807) is 6.07 Å². The lowest BCUT2D eigenvalue weighted by atomic mass is 9.83. The van der Waals surface area contributed by atoms with Gasteiger partial charge >= 0.3 is 0 Å². The molecule has 2 heterocycles. The maximum absolute atomic E-state index is 12.7. The van der Waals surface area contributed by atoms with Crippen molar-refractivity contribution in [1.29, 1.82) is 0 Å². The van der Waals surface area contributed by atoms with Crippen molar-refractivity contribution in [3.05, 3.63) is 33.3 Å². The summed E-state index contributed by atoms with van der Waals surface area (Å²) in [6.07, 6.45) is 3.84. The first-order chi connectivity index (χ1) is 11.0. The largest absolute Gasteiger partial charge is 0.338 e. The fourth-order valence-corrected chi connectivity index (χ4v) is 4.37. The lowest BCUT2D eigenvalue weighted by Crippen LogP contribution is -2.38. The topological polar surface area (TPSA) is 32.3 Å². The first-order valence-corrected chi connectivity index (χ1v) is 9.25. The zero-order valence-electron chi connectivity index (χ0n) is 14.0. The van der Waals surface area contributed by atoms with Gasteiger partial charge in [0.05, 0.1) is 0 Å². The Hall–Kier alpha value is -0.480. The molecule has 1 aromatic carbocycles. The average Bonchev–Trinajstić information content (AvgIpc) is 2.55. The Morgan fingerprint density at radius 1 is 1.33 bits per heavy atom. The van der Waals surface area contributed by atoms with Crippen LogP contribution in [0.5, 0.6) is 0 Å². The minimum atomic E-state index is 0. The highest BCUT2D eigenvalue weighted by Gasteiger charge is 2.27. The third-order valence-electron chi connectivity index (χ3n) is 5.29. The van der Waals surface area contributed by atoms with Crippen molar-refractivity contribution in [2.24, 2.45) is 11.8 Å². The van der Waals surface area contributed by atoms with Crippen LogP contribution in [0.25, 0.3) is 0 Å². The number of piperidine rings is 1. The van der Waals surface area contributed by atoms with Gasteiger partial charge in [0.25, 0.3) is 0 Å². The summed E-state index contributed by atoms with van der Waals surface area (Å²) in [6.45, 7) is 5.76. The number of amides is 1. The predicted molar refractivity (Wildman–Crippen MR) is 102 cm³/mol. The minimum absolute atomic E-state index is 0. The van der Waals surface area contributed by atoms with Crippen molar-refractivity contribution in [2.75, 3.05) is 19.6 Å². The van der Waals surface area contributed by atoms with Gasteiger partial charge in [-0.3, -0.25) is 4.79 Å². The van der Waals surface area contributed by atoms with Gasteiger partial charge in [0.2, 0.25) is 5.91 Å². The lowest BCUT2D eigenvalue weighted by molar-refractivity contribution is -0.133. The summed E-state index contributed by atoms with van der Waals surface area (Å²) in [5.74, 6) is 1.37. The van der Waals surface area contributed by atoms with Gasteiger partial charge < -0.3 is 10.2 Å². The van der Waals surface area contributed by atoms with Gasteiger partial charge in [0, 0.05) is 29.6 Å². The smallest absolute Gasteiger partial charge is 0.223 e. The molecule has 0 bridgehead atoms. The number of rotatable bonds is 3. The molecule has 0 aromatic heterocycles. The van der Waals surface area contributed by atoms with Crippen LogP contribution >= 0.6 is 35.6 Å². The molecule has 1 atom stereocenters. The van der Waals surface area contributed by atoms with Crippen LogP contribution in [0, 0.1) is 11.8 Å². The number of fused-ring (bicyclic) bond motifs is 1. The second-order valence-corrected chi connectivity index (χ2v) is 7.70. The van der Waals surface area contributed by atoms with Crippen molar-refractivity contribution in [3.63, 3.8) is 0 Å². The molecule has 1 saturated heterocycles. The van der Waals surface area contributed by atoms with E-state index in [1.807, 2.05) is 11.0 Å². The average molecular weight is 392 g/mol. The molecule has 2 aliphatic rings. The van der Waals surface area contributed by atoms with Gasteiger partial charge in [0.1, 0.15) is 0 Å². The number of nitrogens with one attached hydrogen (secondary N) is 1. The molecule has 24 heavy (non-hydrogen) atoms. The Balaban J connectivity index is 0.00000208. The lowest BCUT2D eigenvalue weighted by Gasteiger charge is -2.33. The molecule has 134 valence electrons. The van der Waals surface area contributed by atoms with E-state index in [9.17, 15) is 4.79 Å². The monoisotopic (exact) mass is 390 g/mol. The van der Waals surface area contributed by atoms with Crippen molar-refractivity contribution >= 4 is 41.5 Å². The summed E-state index contributed by atoms with van der Waals surface area (Å²) < 4.78 is 0. The van der Waals surface area contributed by atoms with Crippen LogP contribution in [-0.4, -0.2) is 30.4 Å². The van der Waals surface area contributed by atoms with E-state index in [-0.39, 0.29) is 18.3 Å². The summed E-state index contributed by atoms with van der Waals surface area (Å²) >= 11 is 12.4. The molecule has 3 rings (SSSR count). The van der Waals surface area contributed by atoms with Crippen molar-refractivity contribution in [1.82, 2.24) is 10.2 Å². The van der Waals surface area contributed by atoms with Gasteiger partial charge in [-0.2, -0.15) is 0 Å². The van der Waals surface area contributed by atoms with E-state index < -0.39 is 0 Å². The quantitative estimate of drug-likeness (QED) is 0.832. The number of benzene rings is 1. The van der Waals surface area contributed by atoms with E-state index >= 15 is 0 Å². The van der Waals surface area contributed by atoms with Gasteiger partial charge in [-0.1, -0.05) is 30.1 Å². The summed E-state index contributed by atoms with van der Waals surface area (Å²) in [5, 5.41) is 4.74. The number of hydrogen-bond acceptors (Lipinski definition) is 2. The highest BCUT2D eigenvalue weighted by Crippen LogP contribution is 2.31. The van der Waals surface area contributed by atoms with E-state index in [0.29, 0.717) is 34.8 Å². The van der Waals surface area contributed by atoms with Crippen molar-refractivity contribution < 1.29 is 4.79 Å². The maximum Gasteiger partial charge on any atom is 0.223 e. The standard InChI is InChI=1S/C18H24Cl2N2O.ClH/c1-12(13-2-5-21-6-3-13)8-18(23)22-7-4-14-9-15(19)10-17(20)16(14)11-22;/h9-10,12-13,21H,2-8,11H2,1H3;1H. The summed E-state index contributed by atoms with van der Waals surface area (Å²) in [7, 11) is 0. The minimum Gasteiger partial charge on any atom is -0.338 e. The maximum atomic E-state index is 12.7. The van der Waals surface area contributed by atoms with Gasteiger partial charge in [-0.25, -0.2) is 0 Å². The van der Waals surface area contributed by atoms with E-state index in [1.165, 1.54) is 18.4 Å². The summed E-state index contributed by atoms with van der Waals surface area (Å²) in [4.78, 5) is 14.6. The fraction of sp³-hybridized carbons (Fsp3) is 0.611. The predicted octanol–water partition coefficient (Wildman–Crippen LogP) is 4.33. The zero-order chi connectivity index (χ0) is 16.4. The first-order valence-electron chi connectivity index (χ1n) is 8.50. The number of halogens is 3. The second-order valence-electron chi connectivity index (χ2n) is 6.86. The van der Waals surface area contributed by atoms with Gasteiger partial charge in [0.15, 0.2) is 0 Å². The number of carbonyl (C=O) groups excluding carboxylic acids is 1. The van der Waals surface area contributed by atoms with Gasteiger partial charge in [-0.05, 0) is 67.4 Å². The van der Waals surface area contributed by atoms with Crippen molar-refractivity contribution in [2.45, 2.75) is 39.2 Å². The number of hydrogen-bond donors (Lipinski definition) is 1. The Morgan fingerprint density at radius 3 is 2.75 bits per heavy atom. The Bertz CT molecular complexity index is 588. The molecule has 0 aliphatic carbocycles. The van der Waals surface area contributed by atoms with E-state index in [4.69, 9.17) is 23.2 Å². The third kappa shape index (κ3) is 4.57. The Morgan fingerprint density at radius 2 is 2.04 bits per heavy atom. The van der Waals surface area contributed by atoms with Crippen LogP contribution in [-0.2, 0) is 17.8 Å². The molecule has 1 aromatic rings. The molecule has 0 saturated carbocycles. The van der Waals surface area contributed by atoms with E-state index in [2.05, 4.69) is 12.2 Å². The van der Waals surface area contributed by atoms with Crippen LogP contribution in [0.3, 0.4) is 0 Å². The molecule has 2 aliphatic heterocycles. The zero-order valence-corrected chi connectivity index (χ0v) is 16.3. The van der Waals surface area contributed by atoms with Crippen LogP contribution in [0.4, 0.5) is 0 Å². The molecule has 6 heteroatoms. The Kier molecular flexibility index (Phi) is 7.23. The molecule has 3 nitrogen and oxygen atoms in total. The van der Waals surface area contributed by atoms with E-state index in [0.717, 1.165) is 31.6 Å².